The second-order valence-electron chi connectivity index (χ2n) is 3.62. The Morgan fingerprint density at radius 1 is 1.47 bits per heavy atom. The number of ketones is 1. The van der Waals surface area contributed by atoms with Crippen molar-refractivity contribution in [1.29, 1.82) is 0 Å². The van der Waals surface area contributed by atoms with E-state index in [4.69, 9.17) is 11.6 Å². The lowest BCUT2D eigenvalue weighted by Crippen LogP contribution is -2.02. The SMILES string of the molecule is C=C(CC)CC(=O)c1cccc(Cl)c1C. The molecule has 0 aliphatic carbocycles. The molecule has 1 nitrogen and oxygen atoms in total. The average molecular weight is 223 g/mol. The third kappa shape index (κ3) is 2.93. The maximum atomic E-state index is 11.9. The van der Waals surface area contributed by atoms with Crippen LogP contribution >= 0.6 is 11.6 Å². The van der Waals surface area contributed by atoms with Crippen molar-refractivity contribution in [3.8, 4) is 0 Å². The molecule has 0 aromatic heterocycles. The van der Waals surface area contributed by atoms with Crippen molar-refractivity contribution in [3.63, 3.8) is 0 Å². The number of hydrogen-bond donors (Lipinski definition) is 0. The van der Waals surface area contributed by atoms with Crippen molar-refractivity contribution in [2.24, 2.45) is 0 Å². The van der Waals surface area contributed by atoms with Crippen LogP contribution in [0.5, 0.6) is 0 Å². The summed E-state index contributed by atoms with van der Waals surface area (Å²) in [7, 11) is 0. The first-order valence-corrected chi connectivity index (χ1v) is 5.39. The Labute approximate surface area is 95.8 Å². The van der Waals surface area contributed by atoms with Crippen LogP contribution in [0.1, 0.15) is 35.7 Å². The van der Waals surface area contributed by atoms with Crippen LogP contribution < -0.4 is 0 Å². The van der Waals surface area contributed by atoms with Gasteiger partial charge in [0, 0.05) is 17.0 Å². The van der Waals surface area contributed by atoms with Crippen LogP contribution in [0, 0.1) is 6.92 Å². The summed E-state index contributed by atoms with van der Waals surface area (Å²) in [6.07, 6.45) is 1.25. The van der Waals surface area contributed by atoms with Gasteiger partial charge in [0.15, 0.2) is 5.78 Å². The summed E-state index contributed by atoms with van der Waals surface area (Å²) in [5, 5.41) is 0.642. The molecule has 0 fully saturated rings. The molecule has 0 amide bonds. The first kappa shape index (κ1) is 12.0. The summed E-state index contributed by atoms with van der Waals surface area (Å²) in [4.78, 5) is 11.9. The van der Waals surface area contributed by atoms with Gasteiger partial charge in [0.2, 0.25) is 0 Å². The third-order valence-electron chi connectivity index (χ3n) is 2.48. The molecule has 2 heteroatoms. The van der Waals surface area contributed by atoms with Gasteiger partial charge in [-0.15, -0.1) is 0 Å². The maximum absolute atomic E-state index is 11.9. The van der Waals surface area contributed by atoms with Crippen molar-refractivity contribution in [1.82, 2.24) is 0 Å². The highest BCUT2D eigenvalue weighted by atomic mass is 35.5. The molecule has 15 heavy (non-hydrogen) atoms. The van der Waals surface area contributed by atoms with E-state index in [1.807, 2.05) is 19.9 Å². The molecule has 0 aliphatic rings. The fraction of sp³-hybridized carbons (Fsp3) is 0.308. The first-order chi connectivity index (χ1) is 7.06. The van der Waals surface area contributed by atoms with Crippen LogP contribution in [0.3, 0.4) is 0 Å². The van der Waals surface area contributed by atoms with Crippen molar-refractivity contribution >= 4 is 17.4 Å². The number of rotatable bonds is 4. The molecule has 0 atom stereocenters. The molecular weight excluding hydrogens is 208 g/mol. The fourth-order valence-electron chi connectivity index (χ4n) is 1.36. The quantitative estimate of drug-likeness (QED) is 0.552. The van der Waals surface area contributed by atoms with Crippen LogP contribution in [0.25, 0.3) is 0 Å². The van der Waals surface area contributed by atoms with Gasteiger partial charge >= 0.3 is 0 Å². The van der Waals surface area contributed by atoms with Gasteiger partial charge in [-0.3, -0.25) is 4.79 Å². The molecule has 0 saturated heterocycles. The lowest BCUT2D eigenvalue weighted by Gasteiger charge is -2.06. The van der Waals surface area contributed by atoms with Gasteiger partial charge in [-0.25, -0.2) is 0 Å². The van der Waals surface area contributed by atoms with E-state index in [2.05, 4.69) is 6.58 Å². The molecule has 1 rings (SSSR count). The number of halogens is 1. The van der Waals surface area contributed by atoms with Crippen LogP contribution in [-0.4, -0.2) is 5.78 Å². The van der Waals surface area contributed by atoms with Crippen molar-refractivity contribution < 1.29 is 4.79 Å². The molecule has 0 N–H and O–H groups in total. The Kier molecular flexibility index (Phi) is 4.10. The zero-order valence-corrected chi connectivity index (χ0v) is 9.90. The van der Waals surface area contributed by atoms with Gasteiger partial charge in [-0.1, -0.05) is 42.8 Å². The Hall–Kier alpha value is -1.08. The lowest BCUT2D eigenvalue weighted by atomic mass is 9.99. The summed E-state index contributed by atoms with van der Waals surface area (Å²) in [5.74, 6) is 0.0989. The average Bonchev–Trinajstić information content (AvgIpc) is 2.21. The van der Waals surface area contributed by atoms with Crippen molar-refractivity contribution in [3.05, 3.63) is 46.5 Å². The van der Waals surface area contributed by atoms with E-state index in [0.29, 0.717) is 17.0 Å². The molecular formula is C13H15ClO. The lowest BCUT2D eigenvalue weighted by molar-refractivity contribution is 0.0992. The normalized spacial score (nSPS) is 10.1. The number of carbonyl (C=O) groups is 1. The smallest absolute Gasteiger partial charge is 0.167 e. The molecule has 80 valence electrons. The first-order valence-electron chi connectivity index (χ1n) is 5.01. The van der Waals surface area contributed by atoms with Crippen LogP contribution in [-0.2, 0) is 0 Å². The van der Waals surface area contributed by atoms with Gasteiger partial charge in [-0.2, -0.15) is 0 Å². The summed E-state index contributed by atoms with van der Waals surface area (Å²) in [5.41, 5.74) is 2.52. The van der Waals surface area contributed by atoms with Crippen molar-refractivity contribution in [2.45, 2.75) is 26.7 Å². The Balaban J connectivity index is 2.92. The number of carbonyl (C=O) groups excluding carboxylic acids is 1. The monoisotopic (exact) mass is 222 g/mol. The molecule has 0 heterocycles. The van der Waals surface area contributed by atoms with Gasteiger partial charge < -0.3 is 0 Å². The van der Waals surface area contributed by atoms with Crippen LogP contribution in [0.4, 0.5) is 0 Å². The highest BCUT2D eigenvalue weighted by Crippen LogP contribution is 2.21. The topological polar surface area (TPSA) is 17.1 Å². The molecule has 0 bridgehead atoms. The summed E-state index contributed by atoms with van der Waals surface area (Å²) < 4.78 is 0. The molecule has 1 aromatic carbocycles. The predicted octanol–water partition coefficient (Wildman–Crippen LogP) is 4.19. The third-order valence-corrected chi connectivity index (χ3v) is 2.89. The van der Waals surface area contributed by atoms with Gasteiger partial charge in [0.05, 0.1) is 0 Å². The molecule has 0 unspecified atom stereocenters. The summed E-state index contributed by atoms with van der Waals surface area (Å²) in [6, 6.07) is 5.41. The second kappa shape index (κ2) is 5.13. The fourth-order valence-corrected chi connectivity index (χ4v) is 1.53. The molecule has 0 spiro atoms. The van der Waals surface area contributed by atoms with E-state index in [0.717, 1.165) is 17.6 Å². The Bertz CT molecular complexity index is 394. The maximum Gasteiger partial charge on any atom is 0.167 e. The van der Waals surface area contributed by atoms with Crippen LogP contribution in [0.15, 0.2) is 30.4 Å². The minimum absolute atomic E-state index is 0.0989. The van der Waals surface area contributed by atoms with Gasteiger partial charge in [0.25, 0.3) is 0 Å². The standard InChI is InChI=1S/C13H15ClO/c1-4-9(2)8-13(15)11-6-5-7-12(14)10(11)3/h5-7H,2,4,8H2,1,3H3. The van der Waals surface area contributed by atoms with E-state index in [1.165, 1.54) is 0 Å². The van der Waals surface area contributed by atoms with Crippen molar-refractivity contribution in [2.75, 3.05) is 0 Å². The number of Topliss-reactive ketones (excluding diaryl/α,β-unsaturated/α-hetero) is 1. The second-order valence-corrected chi connectivity index (χ2v) is 4.02. The Morgan fingerprint density at radius 3 is 2.73 bits per heavy atom. The minimum atomic E-state index is 0.0989. The van der Waals surface area contributed by atoms with Gasteiger partial charge in [-0.05, 0) is 25.0 Å². The number of hydrogen-bond acceptors (Lipinski definition) is 1. The number of benzene rings is 1. The highest BCUT2D eigenvalue weighted by Gasteiger charge is 2.11. The van der Waals surface area contributed by atoms with E-state index in [1.54, 1.807) is 12.1 Å². The minimum Gasteiger partial charge on any atom is -0.294 e. The number of allylic oxidation sites excluding steroid dienone is 1. The zero-order chi connectivity index (χ0) is 11.4. The molecule has 1 aromatic rings. The zero-order valence-electron chi connectivity index (χ0n) is 9.14. The van der Waals surface area contributed by atoms with E-state index >= 15 is 0 Å². The summed E-state index contributed by atoms with van der Waals surface area (Å²) >= 11 is 5.95. The molecule has 0 radical (unpaired) electrons. The highest BCUT2D eigenvalue weighted by molar-refractivity contribution is 6.31. The Morgan fingerprint density at radius 2 is 2.13 bits per heavy atom. The summed E-state index contributed by atoms with van der Waals surface area (Å²) in [6.45, 7) is 7.70. The largest absolute Gasteiger partial charge is 0.294 e. The molecule has 0 saturated carbocycles. The van der Waals surface area contributed by atoms with Gasteiger partial charge in [0.1, 0.15) is 0 Å². The van der Waals surface area contributed by atoms with E-state index in [9.17, 15) is 4.79 Å². The van der Waals surface area contributed by atoms with Crippen LogP contribution in [0.2, 0.25) is 5.02 Å². The van der Waals surface area contributed by atoms with E-state index < -0.39 is 0 Å². The van der Waals surface area contributed by atoms with E-state index in [-0.39, 0.29) is 5.78 Å². The molecule has 0 aliphatic heterocycles. The predicted molar refractivity (Wildman–Crippen MR) is 64.6 cm³/mol.